The van der Waals surface area contributed by atoms with E-state index < -0.39 is 5.97 Å². The number of carboxylic acid groups (broad SMARTS) is 1. The number of hydrogen-bond acceptors (Lipinski definition) is 5. The summed E-state index contributed by atoms with van der Waals surface area (Å²) in [5.41, 5.74) is 0.433. The van der Waals surface area contributed by atoms with Gasteiger partial charge in [-0.1, -0.05) is 0 Å². The molecule has 124 valence electrons. The normalized spacial score (nSPS) is 16.1. The van der Waals surface area contributed by atoms with E-state index in [1.165, 1.54) is 0 Å². The molecule has 1 aliphatic carbocycles. The monoisotopic (exact) mass is 343 g/mol. The lowest BCUT2D eigenvalue weighted by molar-refractivity contribution is -0.00879. The molecule has 1 aromatic carbocycles. The number of aryl methyl sites for hydroxylation is 2. The number of hydrogen-bond donors (Lipinski definition) is 1. The van der Waals surface area contributed by atoms with Crippen LogP contribution in [-0.4, -0.2) is 16.1 Å². The van der Waals surface area contributed by atoms with E-state index in [-0.39, 0.29) is 11.2 Å². The van der Waals surface area contributed by atoms with Crippen molar-refractivity contribution in [2.24, 2.45) is 0 Å². The predicted octanol–water partition coefficient (Wildman–Crippen LogP) is 4.66. The van der Waals surface area contributed by atoms with Crippen LogP contribution >= 0.6 is 11.3 Å². The van der Waals surface area contributed by atoms with Gasteiger partial charge in [0.05, 0.1) is 9.88 Å². The minimum Gasteiger partial charge on any atom is -0.482 e. The topological polar surface area (TPSA) is 72.6 Å². The van der Waals surface area contributed by atoms with Gasteiger partial charge in [0.15, 0.2) is 0 Å². The van der Waals surface area contributed by atoms with Gasteiger partial charge in [0.25, 0.3) is 0 Å². The Balaban J connectivity index is 1.74. The summed E-state index contributed by atoms with van der Waals surface area (Å²) in [6.07, 6.45) is 4.90. The van der Waals surface area contributed by atoms with Gasteiger partial charge in [-0.25, -0.2) is 9.78 Å². The molecule has 1 N–H and O–H groups in total. The molecule has 1 saturated carbocycles. The van der Waals surface area contributed by atoms with Gasteiger partial charge in [0.2, 0.25) is 0 Å². The van der Waals surface area contributed by atoms with Crippen molar-refractivity contribution >= 4 is 28.3 Å². The van der Waals surface area contributed by atoms with E-state index in [0.717, 1.165) is 29.1 Å². The van der Waals surface area contributed by atoms with E-state index in [1.54, 1.807) is 30.4 Å². The first-order valence-corrected chi connectivity index (χ1v) is 8.68. The number of carboxylic acids is 1. The van der Waals surface area contributed by atoms with Crippen LogP contribution in [0.5, 0.6) is 5.75 Å². The minimum atomic E-state index is -0.986. The summed E-state index contributed by atoms with van der Waals surface area (Å²) in [7, 11) is 0. The van der Waals surface area contributed by atoms with Crippen LogP contribution < -0.4 is 4.74 Å². The van der Waals surface area contributed by atoms with Gasteiger partial charge >= 0.3 is 5.97 Å². The molecule has 1 aliphatic rings. The van der Waals surface area contributed by atoms with Crippen LogP contribution in [0, 0.1) is 13.8 Å². The Morgan fingerprint density at radius 3 is 2.75 bits per heavy atom. The molecule has 0 aliphatic heterocycles. The molecule has 3 aromatic rings. The largest absolute Gasteiger partial charge is 0.482 e. The molecule has 6 heteroatoms. The fourth-order valence-electron chi connectivity index (χ4n) is 3.22. The first kappa shape index (κ1) is 15.2. The minimum absolute atomic E-state index is 0.201. The highest BCUT2D eigenvalue weighted by Gasteiger charge is 2.43. The maximum Gasteiger partial charge on any atom is 0.339 e. The smallest absolute Gasteiger partial charge is 0.339 e. The molecular formula is C18H17NO4S. The molecule has 0 atom stereocenters. The molecular weight excluding hydrogens is 326 g/mol. The zero-order valence-electron chi connectivity index (χ0n) is 13.5. The fourth-order valence-corrected chi connectivity index (χ4v) is 4.18. The second-order valence-electron chi connectivity index (χ2n) is 6.19. The summed E-state index contributed by atoms with van der Waals surface area (Å²) in [5.74, 6) is 0.0856. The highest BCUT2D eigenvalue weighted by molar-refractivity contribution is 7.11. The van der Waals surface area contributed by atoms with Gasteiger partial charge < -0.3 is 14.3 Å². The second kappa shape index (κ2) is 5.34. The number of rotatable bonds is 4. The Labute approximate surface area is 142 Å². The van der Waals surface area contributed by atoms with E-state index in [9.17, 15) is 9.90 Å². The van der Waals surface area contributed by atoms with Crippen LogP contribution in [0.2, 0.25) is 0 Å². The van der Waals surface area contributed by atoms with E-state index in [1.807, 2.05) is 19.2 Å². The van der Waals surface area contributed by atoms with Crippen molar-refractivity contribution in [1.82, 2.24) is 4.98 Å². The third-order valence-electron chi connectivity index (χ3n) is 4.59. The van der Waals surface area contributed by atoms with Crippen molar-refractivity contribution < 1.29 is 19.1 Å². The van der Waals surface area contributed by atoms with Crippen LogP contribution in [0.4, 0.5) is 0 Å². The lowest BCUT2D eigenvalue weighted by Gasteiger charge is -2.40. The van der Waals surface area contributed by atoms with Crippen molar-refractivity contribution in [1.29, 1.82) is 0 Å². The van der Waals surface area contributed by atoms with Gasteiger partial charge in [-0.05, 0) is 51.3 Å². The molecule has 4 rings (SSSR count). The third kappa shape index (κ3) is 2.29. The third-order valence-corrected chi connectivity index (χ3v) is 5.69. The van der Waals surface area contributed by atoms with Crippen molar-refractivity contribution in [2.75, 3.05) is 0 Å². The Hall–Kier alpha value is -2.34. The Morgan fingerprint density at radius 1 is 1.38 bits per heavy atom. The number of benzene rings is 1. The molecule has 0 bridgehead atoms. The second-order valence-corrected chi connectivity index (χ2v) is 7.42. The SMILES string of the molecule is Cc1ncc(C2(Oc3ccc4oc(C)c(C(=O)O)c4c3)CCC2)s1. The molecule has 1 fully saturated rings. The standard InChI is InChI=1S/C18H17NO4S/c1-10-16(17(20)21)13-8-12(4-5-14(13)22-10)23-18(6-3-7-18)15-9-19-11(2)24-15/h4-5,8-9H,3,6-7H2,1-2H3,(H,20,21). The van der Waals surface area contributed by atoms with Crippen LogP contribution in [-0.2, 0) is 5.60 Å². The maximum absolute atomic E-state index is 11.5. The zero-order valence-corrected chi connectivity index (χ0v) is 14.3. The zero-order chi connectivity index (χ0) is 16.9. The number of carbonyl (C=O) groups is 1. The van der Waals surface area contributed by atoms with Crippen LogP contribution in [0.15, 0.2) is 28.8 Å². The van der Waals surface area contributed by atoms with E-state index in [4.69, 9.17) is 9.15 Å². The van der Waals surface area contributed by atoms with E-state index >= 15 is 0 Å². The number of aromatic carboxylic acids is 1. The van der Waals surface area contributed by atoms with Gasteiger partial charge in [-0.2, -0.15) is 0 Å². The number of furan rings is 1. The van der Waals surface area contributed by atoms with E-state index in [2.05, 4.69) is 4.98 Å². The molecule has 2 aromatic heterocycles. The highest BCUT2D eigenvalue weighted by Crippen LogP contribution is 2.47. The molecule has 0 saturated heterocycles. The van der Waals surface area contributed by atoms with Crippen molar-refractivity contribution in [3.05, 3.63) is 45.6 Å². The van der Waals surface area contributed by atoms with Crippen LogP contribution in [0.1, 0.15) is 45.3 Å². The van der Waals surface area contributed by atoms with Crippen LogP contribution in [0.25, 0.3) is 11.0 Å². The maximum atomic E-state index is 11.5. The number of nitrogens with zero attached hydrogens (tertiary/aromatic N) is 1. The van der Waals surface area contributed by atoms with Crippen molar-refractivity contribution in [3.8, 4) is 5.75 Å². The first-order valence-electron chi connectivity index (χ1n) is 7.87. The highest BCUT2D eigenvalue weighted by atomic mass is 32.1. The summed E-state index contributed by atoms with van der Waals surface area (Å²) in [6, 6.07) is 5.38. The van der Waals surface area contributed by atoms with Crippen LogP contribution in [0.3, 0.4) is 0 Å². The molecule has 0 amide bonds. The lowest BCUT2D eigenvalue weighted by atomic mass is 9.79. The predicted molar refractivity (Wildman–Crippen MR) is 90.9 cm³/mol. The van der Waals surface area contributed by atoms with Crippen molar-refractivity contribution in [2.45, 2.75) is 38.7 Å². The summed E-state index contributed by atoms with van der Waals surface area (Å²) in [6.45, 7) is 3.65. The number of ether oxygens (including phenoxy) is 1. The van der Waals surface area contributed by atoms with Gasteiger partial charge in [0.1, 0.15) is 28.3 Å². The average molecular weight is 343 g/mol. The first-order chi connectivity index (χ1) is 11.5. The summed E-state index contributed by atoms with van der Waals surface area (Å²) >= 11 is 1.66. The fraction of sp³-hybridized carbons (Fsp3) is 0.333. The summed E-state index contributed by atoms with van der Waals surface area (Å²) < 4.78 is 11.9. The lowest BCUT2D eigenvalue weighted by Crippen LogP contribution is -2.39. The van der Waals surface area contributed by atoms with Gasteiger partial charge in [0, 0.05) is 11.6 Å². The Bertz CT molecular complexity index is 936. The van der Waals surface area contributed by atoms with Crippen molar-refractivity contribution in [3.63, 3.8) is 0 Å². The Morgan fingerprint density at radius 2 is 2.17 bits per heavy atom. The number of fused-ring (bicyclic) bond motifs is 1. The van der Waals surface area contributed by atoms with Gasteiger partial charge in [-0.3, -0.25) is 0 Å². The molecule has 5 nitrogen and oxygen atoms in total. The molecule has 2 heterocycles. The molecule has 0 unspecified atom stereocenters. The Kier molecular flexibility index (Phi) is 3.38. The average Bonchev–Trinajstić information content (AvgIpc) is 3.05. The number of thiazole rings is 1. The molecule has 0 spiro atoms. The molecule has 0 radical (unpaired) electrons. The number of aromatic nitrogens is 1. The molecule has 24 heavy (non-hydrogen) atoms. The van der Waals surface area contributed by atoms with E-state index in [0.29, 0.717) is 22.5 Å². The summed E-state index contributed by atoms with van der Waals surface area (Å²) in [5, 5.41) is 11.0. The van der Waals surface area contributed by atoms with Gasteiger partial charge in [-0.15, -0.1) is 11.3 Å². The quantitative estimate of drug-likeness (QED) is 0.746. The summed E-state index contributed by atoms with van der Waals surface area (Å²) in [4.78, 5) is 17.0.